The molecule has 10 nitrogen and oxygen atoms in total. The van der Waals surface area contributed by atoms with Crippen molar-refractivity contribution in [3.8, 4) is 0 Å². The fraction of sp³-hybridized carbons (Fsp3) is 0.704. The van der Waals surface area contributed by atoms with Crippen LogP contribution in [0, 0.1) is 0 Å². The van der Waals surface area contributed by atoms with Crippen LogP contribution in [0.15, 0.2) is 85.1 Å². The van der Waals surface area contributed by atoms with Crippen molar-refractivity contribution < 1.29 is 47.8 Å². The lowest BCUT2D eigenvalue weighted by Gasteiger charge is -2.20. The van der Waals surface area contributed by atoms with Gasteiger partial charge in [-0.1, -0.05) is 189 Å². The van der Waals surface area contributed by atoms with Gasteiger partial charge in [0.1, 0.15) is 12.7 Å². The normalized spacial score (nSPS) is 14.4. The van der Waals surface area contributed by atoms with Crippen LogP contribution in [0.2, 0.25) is 0 Å². The Morgan fingerprint density at radius 2 is 0.846 bits per heavy atom. The Kier molecular flexibility index (Phi) is 46.9. The molecule has 3 N–H and O–H groups in total. The van der Waals surface area contributed by atoms with Crippen molar-refractivity contribution in [2.45, 2.75) is 219 Å². The van der Waals surface area contributed by atoms with Gasteiger partial charge in [-0.05, 0) is 89.9 Å². The zero-order chi connectivity index (χ0) is 47.6. The van der Waals surface area contributed by atoms with Crippen molar-refractivity contribution in [2.75, 3.05) is 26.4 Å². The largest absolute Gasteiger partial charge is 0.472 e. The van der Waals surface area contributed by atoms with Gasteiger partial charge in [0.2, 0.25) is 0 Å². The quantitative estimate of drug-likeness (QED) is 0.0233. The average Bonchev–Trinajstić information content (AvgIpc) is 3.30. The number of ether oxygens (including phenoxy) is 2. The topological polar surface area (TPSA) is 149 Å². The van der Waals surface area contributed by atoms with E-state index < -0.39 is 51.8 Å². The average molecular weight is 933 g/mol. The lowest BCUT2D eigenvalue weighted by Crippen LogP contribution is -2.29. The van der Waals surface area contributed by atoms with E-state index >= 15 is 0 Å². The second-order valence-electron chi connectivity index (χ2n) is 16.8. The molecule has 11 heteroatoms. The van der Waals surface area contributed by atoms with Crippen LogP contribution < -0.4 is 0 Å². The highest BCUT2D eigenvalue weighted by atomic mass is 31.2. The van der Waals surface area contributed by atoms with E-state index in [1.54, 1.807) is 0 Å². The molecule has 0 radical (unpaired) electrons. The molecule has 0 aliphatic rings. The molecule has 0 aromatic heterocycles. The smallest absolute Gasteiger partial charge is 0.462 e. The Bertz CT molecular complexity index is 1350. The van der Waals surface area contributed by atoms with Crippen LogP contribution in [-0.4, -0.2) is 65.7 Å². The third-order valence-corrected chi connectivity index (χ3v) is 11.5. The minimum absolute atomic E-state index is 0.141. The van der Waals surface area contributed by atoms with Gasteiger partial charge in [0.15, 0.2) is 6.10 Å². The molecule has 0 rings (SSSR count). The summed E-state index contributed by atoms with van der Waals surface area (Å²) in [6.07, 6.45) is 59.8. The molecule has 0 spiro atoms. The van der Waals surface area contributed by atoms with E-state index in [1.807, 2.05) is 0 Å². The van der Waals surface area contributed by atoms with Gasteiger partial charge in [-0.15, -0.1) is 0 Å². The molecule has 0 bridgehead atoms. The number of hydrogen-bond acceptors (Lipinski definition) is 9. The number of rotatable bonds is 47. The lowest BCUT2D eigenvalue weighted by molar-refractivity contribution is -0.161. The van der Waals surface area contributed by atoms with E-state index in [-0.39, 0.29) is 19.4 Å². The van der Waals surface area contributed by atoms with Crippen LogP contribution in [-0.2, 0) is 32.7 Å². The lowest BCUT2D eigenvalue weighted by atomic mass is 10.0. The van der Waals surface area contributed by atoms with E-state index in [4.69, 9.17) is 23.6 Å². The summed E-state index contributed by atoms with van der Waals surface area (Å²) in [6, 6.07) is 0. The number of phosphoric acid groups is 1. The SMILES string of the molecule is CC/C=C\C/C=C\C/C=C\C/C=C\C/C=C\CCCCCC(=O)OC(COC(=O)CCCCCCCCCCCCC/C=C\C/C=C\CCCCCCC)COP(=O)(O)OCC(O)CO. The molecule has 0 amide bonds. The van der Waals surface area contributed by atoms with Crippen LogP contribution in [0.4, 0.5) is 0 Å². The number of esters is 2. The third-order valence-electron chi connectivity index (χ3n) is 10.5. The number of carbonyl (C=O) groups is 2. The summed E-state index contributed by atoms with van der Waals surface area (Å²) in [4.78, 5) is 35.2. The molecule has 0 aromatic rings. The first-order valence-corrected chi connectivity index (χ1v) is 27.0. The van der Waals surface area contributed by atoms with Crippen molar-refractivity contribution in [2.24, 2.45) is 0 Å². The Labute approximate surface area is 396 Å². The molecule has 65 heavy (non-hydrogen) atoms. The summed E-state index contributed by atoms with van der Waals surface area (Å²) in [5, 5.41) is 18.4. The first kappa shape index (κ1) is 62.1. The molecule has 0 saturated carbocycles. The molecular formula is C54H93O10P. The van der Waals surface area contributed by atoms with Crippen molar-refractivity contribution in [3.05, 3.63) is 85.1 Å². The number of carbonyl (C=O) groups excluding carboxylic acids is 2. The minimum Gasteiger partial charge on any atom is -0.462 e. The summed E-state index contributed by atoms with van der Waals surface area (Å²) < 4.78 is 32.8. The maximum absolute atomic E-state index is 12.7. The third kappa shape index (κ3) is 48.9. The maximum Gasteiger partial charge on any atom is 0.472 e. The van der Waals surface area contributed by atoms with Crippen LogP contribution in [0.25, 0.3) is 0 Å². The zero-order valence-electron chi connectivity index (χ0n) is 40.9. The fourth-order valence-corrected chi connectivity index (χ4v) is 7.43. The standard InChI is InChI=1S/C54H93O10P/c1-3-5-7-9-11-13-15-17-19-21-23-24-25-26-28-29-31-33-35-37-39-41-43-45-53(57)61-49-52(50-63-65(59,60)62-48-51(56)47-55)64-54(58)46-44-42-40-38-36-34-32-30-27-22-20-18-16-14-12-10-8-6-4-2/h6,8,12,14-15,17-18,20-21,23,27,30,34,36,51-52,55-56H,3-5,7,9-11,13,16,19,22,24-26,28-29,31-33,35,37-50H2,1-2H3,(H,59,60)/b8-6-,14-12-,17-15-,20-18-,23-21-,30-27-,36-34-. The number of hydrogen-bond donors (Lipinski definition) is 3. The van der Waals surface area contributed by atoms with E-state index in [2.05, 4.69) is 98.9 Å². The summed E-state index contributed by atoms with van der Waals surface area (Å²) in [5.41, 5.74) is 0. The molecule has 0 heterocycles. The van der Waals surface area contributed by atoms with Crippen LogP contribution in [0.5, 0.6) is 0 Å². The molecule has 0 saturated heterocycles. The number of aliphatic hydroxyl groups excluding tert-OH is 2. The van der Waals surface area contributed by atoms with Gasteiger partial charge < -0.3 is 24.6 Å². The second-order valence-corrected chi connectivity index (χ2v) is 18.3. The maximum atomic E-state index is 12.7. The first-order chi connectivity index (χ1) is 31.7. The molecule has 0 aliphatic heterocycles. The monoisotopic (exact) mass is 933 g/mol. The predicted molar refractivity (Wildman–Crippen MR) is 269 cm³/mol. The van der Waals surface area contributed by atoms with Crippen molar-refractivity contribution in [1.29, 1.82) is 0 Å². The summed E-state index contributed by atoms with van der Waals surface area (Å²) >= 11 is 0. The van der Waals surface area contributed by atoms with Gasteiger partial charge in [0, 0.05) is 12.8 Å². The summed E-state index contributed by atoms with van der Waals surface area (Å²) in [6.45, 7) is 2.22. The van der Waals surface area contributed by atoms with Crippen molar-refractivity contribution >= 4 is 19.8 Å². The minimum atomic E-state index is -4.64. The van der Waals surface area contributed by atoms with Gasteiger partial charge in [0.05, 0.1) is 19.8 Å². The molecule has 0 aromatic carbocycles. The second kappa shape index (κ2) is 49.1. The Hall–Kier alpha value is -2.85. The van der Waals surface area contributed by atoms with Crippen LogP contribution in [0.1, 0.15) is 206 Å². The summed E-state index contributed by atoms with van der Waals surface area (Å²) in [7, 11) is -4.64. The van der Waals surface area contributed by atoms with E-state index in [9.17, 15) is 24.2 Å². The Balaban J connectivity index is 4.24. The predicted octanol–water partition coefficient (Wildman–Crippen LogP) is 14.6. The first-order valence-electron chi connectivity index (χ1n) is 25.5. The highest BCUT2D eigenvalue weighted by Crippen LogP contribution is 2.43. The van der Waals surface area contributed by atoms with Gasteiger partial charge in [-0.25, -0.2) is 4.57 Å². The number of phosphoric ester groups is 1. The molecule has 374 valence electrons. The highest BCUT2D eigenvalue weighted by Gasteiger charge is 2.27. The van der Waals surface area contributed by atoms with E-state index in [0.29, 0.717) is 12.8 Å². The molecule has 3 unspecified atom stereocenters. The summed E-state index contributed by atoms with van der Waals surface area (Å²) in [5.74, 6) is -0.967. The molecule has 3 atom stereocenters. The molecular weight excluding hydrogens is 840 g/mol. The van der Waals surface area contributed by atoms with E-state index in [1.165, 1.54) is 89.9 Å². The van der Waals surface area contributed by atoms with Gasteiger partial charge in [-0.2, -0.15) is 0 Å². The number of unbranched alkanes of at least 4 members (excludes halogenated alkanes) is 19. The van der Waals surface area contributed by atoms with Crippen molar-refractivity contribution in [3.63, 3.8) is 0 Å². The number of aliphatic hydroxyl groups is 2. The van der Waals surface area contributed by atoms with Crippen molar-refractivity contribution in [1.82, 2.24) is 0 Å². The zero-order valence-corrected chi connectivity index (χ0v) is 41.8. The van der Waals surface area contributed by atoms with Crippen LogP contribution in [0.3, 0.4) is 0 Å². The highest BCUT2D eigenvalue weighted by molar-refractivity contribution is 7.47. The van der Waals surface area contributed by atoms with Gasteiger partial charge in [-0.3, -0.25) is 18.6 Å². The Morgan fingerprint density at radius 3 is 1.29 bits per heavy atom. The van der Waals surface area contributed by atoms with Gasteiger partial charge >= 0.3 is 19.8 Å². The molecule has 0 aliphatic carbocycles. The fourth-order valence-electron chi connectivity index (χ4n) is 6.64. The Morgan fingerprint density at radius 1 is 0.477 bits per heavy atom. The van der Waals surface area contributed by atoms with Gasteiger partial charge in [0.25, 0.3) is 0 Å². The van der Waals surface area contributed by atoms with Crippen LogP contribution >= 0.6 is 7.82 Å². The molecule has 0 fully saturated rings. The number of allylic oxidation sites excluding steroid dienone is 14. The van der Waals surface area contributed by atoms with E-state index in [0.717, 1.165) is 77.0 Å².